The number of anilines is 1. The minimum atomic E-state index is -0.376. The van der Waals surface area contributed by atoms with E-state index in [0.29, 0.717) is 0 Å². The van der Waals surface area contributed by atoms with Crippen molar-refractivity contribution in [3.05, 3.63) is 34.7 Å². The van der Waals surface area contributed by atoms with Crippen LogP contribution in [0.3, 0.4) is 0 Å². The summed E-state index contributed by atoms with van der Waals surface area (Å²) >= 11 is 1.62. The molecule has 2 rings (SSSR count). The predicted molar refractivity (Wildman–Crippen MR) is 90.3 cm³/mol. The smallest absolute Gasteiger partial charge is 0.415 e. The van der Waals surface area contributed by atoms with Crippen molar-refractivity contribution in [2.24, 2.45) is 0 Å². The highest BCUT2D eigenvalue weighted by Gasteiger charge is 2.17. The third-order valence-electron chi connectivity index (χ3n) is 3.44. The van der Waals surface area contributed by atoms with Gasteiger partial charge in [-0.25, -0.2) is 9.78 Å². The number of nitrogens with zero attached hydrogens (tertiary/aromatic N) is 3. The maximum Gasteiger partial charge on any atom is 0.415 e. The van der Waals surface area contributed by atoms with Crippen LogP contribution in [0.15, 0.2) is 29.6 Å². The third kappa shape index (κ3) is 3.84. The van der Waals surface area contributed by atoms with Crippen LogP contribution in [0.25, 0.3) is 11.3 Å². The van der Waals surface area contributed by atoms with Gasteiger partial charge < -0.3 is 4.74 Å². The number of thiazole rings is 1. The number of ether oxygens (including phenoxy) is 1. The molecule has 0 bridgehead atoms. The van der Waals surface area contributed by atoms with Crippen molar-refractivity contribution in [2.75, 3.05) is 26.0 Å². The van der Waals surface area contributed by atoms with Crippen molar-refractivity contribution in [2.45, 2.75) is 20.1 Å². The van der Waals surface area contributed by atoms with Crippen molar-refractivity contribution >= 4 is 23.1 Å². The van der Waals surface area contributed by atoms with Gasteiger partial charge in [0.05, 0.1) is 10.7 Å². The Morgan fingerprint density at radius 2 is 1.86 bits per heavy atom. The van der Waals surface area contributed by atoms with Crippen LogP contribution in [-0.2, 0) is 4.74 Å². The summed E-state index contributed by atoms with van der Waals surface area (Å²) in [6.45, 7) is 3.82. The van der Waals surface area contributed by atoms with E-state index < -0.39 is 0 Å². The Balaban J connectivity index is 2.08. The van der Waals surface area contributed by atoms with E-state index in [2.05, 4.69) is 4.98 Å². The molecule has 0 saturated carbocycles. The third-order valence-corrected chi connectivity index (χ3v) is 4.22. The first kappa shape index (κ1) is 16.5. The summed E-state index contributed by atoms with van der Waals surface area (Å²) in [5.41, 5.74) is 2.78. The molecule has 0 aliphatic rings. The monoisotopic (exact) mass is 319 g/mol. The van der Waals surface area contributed by atoms with Crippen molar-refractivity contribution in [1.29, 1.82) is 0 Å². The molecule has 0 spiro atoms. The molecule has 2 aromatic rings. The first-order valence-electron chi connectivity index (χ1n) is 7.02. The maximum atomic E-state index is 12.1. The Morgan fingerprint density at radius 1 is 1.23 bits per heavy atom. The van der Waals surface area contributed by atoms with E-state index in [1.165, 1.54) is 4.90 Å². The second-order valence-electron chi connectivity index (χ2n) is 5.30. The van der Waals surface area contributed by atoms with E-state index in [4.69, 9.17) is 4.74 Å². The molecule has 1 aromatic carbocycles. The largest absolute Gasteiger partial charge is 0.430 e. The second-order valence-corrected chi connectivity index (χ2v) is 6.37. The highest BCUT2D eigenvalue weighted by molar-refractivity contribution is 7.09. The Kier molecular flexibility index (Phi) is 5.15. The molecular weight excluding hydrogens is 298 g/mol. The summed E-state index contributed by atoms with van der Waals surface area (Å²) in [4.78, 5) is 19.9. The van der Waals surface area contributed by atoms with Gasteiger partial charge >= 0.3 is 6.09 Å². The van der Waals surface area contributed by atoms with E-state index >= 15 is 0 Å². The van der Waals surface area contributed by atoms with E-state index in [1.807, 2.05) is 62.5 Å². The predicted octanol–water partition coefficient (Wildman–Crippen LogP) is 3.60. The number of hydrogen-bond acceptors (Lipinski definition) is 5. The lowest BCUT2D eigenvalue weighted by molar-refractivity contribution is 0.0320. The van der Waals surface area contributed by atoms with E-state index in [0.717, 1.165) is 22.0 Å². The van der Waals surface area contributed by atoms with Crippen LogP contribution in [0.4, 0.5) is 10.5 Å². The average Bonchev–Trinajstić information content (AvgIpc) is 2.93. The summed E-state index contributed by atoms with van der Waals surface area (Å²) in [7, 11) is 5.43. The van der Waals surface area contributed by atoms with Gasteiger partial charge in [0.1, 0.15) is 0 Å². The number of aromatic nitrogens is 1. The molecule has 0 radical (unpaired) electrons. The normalized spacial score (nSPS) is 12.3. The number of amides is 1. The molecular formula is C16H21N3O2S. The molecule has 1 amide bonds. The van der Waals surface area contributed by atoms with Crippen molar-refractivity contribution in [3.8, 4) is 11.3 Å². The van der Waals surface area contributed by atoms with Crippen LogP contribution in [0.2, 0.25) is 0 Å². The van der Waals surface area contributed by atoms with Gasteiger partial charge in [0.2, 0.25) is 0 Å². The molecule has 1 atom stereocenters. The van der Waals surface area contributed by atoms with Gasteiger partial charge in [0, 0.05) is 23.7 Å². The molecule has 0 fully saturated rings. The number of rotatable bonds is 4. The van der Waals surface area contributed by atoms with Gasteiger partial charge in [-0.1, -0.05) is 12.1 Å². The summed E-state index contributed by atoms with van der Waals surface area (Å²) in [6, 6.07) is 7.71. The quantitative estimate of drug-likeness (QED) is 0.808. The molecule has 6 heteroatoms. The van der Waals surface area contributed by atoms with Gasteiger partial charge in [0.15, 0.2) is 6.23 Å². The Hall–Kier alpha value is -1.92. The first-order chi connectivity index (χ1) is 10.4. The van der Waals surface area contributed by atoms with Gasteiger partial charge in [-0.2, -0.15) is 0 Å². The molecule has 0 aliphatic heterocycles. The fourth-order valence-corrected chi connectivity index (χ4v) is 2.41. The summed E-state index contributed by atoms with van der Waals surface area (Å²) in [5, 5.41) is 3.07. The van der Waals surface area contributed by atoms with E-state index in [9.17, 15) is 4.79 Å². The van der Waals surface area contributed by atoms with Crippen LogP contribution >= 0.6 is 11.3 Å². The summed E-state index contributed by atoms with van der Waals surface area (Å²) in [5.74, 6) is 0. The maximum absolute atomic E-state index is 12.1. The summed E-state index contributed by atoms with van der Waals surface area (Å²) < 4.78 is 5.35. The number of carbonyl (C=O) groups is 1. The zero-order chi connectivity index (χ0) is 16.3. The molecule has 1 heterocycles. The van der Waals surface area contributed by atoms with Gasteiger partial charge in [-0.05, 0) is 40.1 Å². The lowest BCUT2D eigenvalue weighted by atomic mass is 10.1. The van der Waals surface area contributed by atoms with Crippen LogP contribution in [0.1, 0.15) is 11.9 Å². The van der Waals surface area contributed by atoms with Gasteiger partial charge in [-0.3, -0.25) is 9.80 Å². The van der Waals surface area contributed by atoms with Crippen molar-refractivity contribution < 1.29 is 9.53 Å². The molecule has 22 heavy (non-hydrogen) atoms. The fraction of sp³-hybridized carbons (Fsp3) is 0.375. The molecule has 0 saturated heterocycles. The average molecular weight is 319 g/mol. The topological polar surface area (TPSA) is 45.7 Å². The SMILES string of the molecule is Cc1nc(-c2ccc(N(C)C(=O)OC(C)N(C)C)cc2)cs1. The van der Waals surface area contributed by atoms with Crippen molar-refractivity contribution in [3.63, 3.8) is 0 Å². The van der Waals surface area contributed by atoms with Gasteiger partial charge in [0.25, 0.3) is 0 Å². The zero-order valence-electron chi connectivity index (χ0n) is 13.5. The van der Waals surface area contributed by atoms with Crippen LogP contribution in [-0.4, -0.2) is 43.3 Å². The second kappa shape index (κ2) is 6.89. The standard InChI is InChI=1S/C16H21N3O2S/c1-11-17-15(10-22-11)13-6-8-14(9-7-13)19(5)16(20)21-12(2)18(3)4/h6-10,12H,1-5H3. The highest BCUT2D eigenvalue weighted by Crippen LogP contribution is 2.24. The van der Waals surface area contributed by atoms with E-state index in [1.54, 1.807) is 18.4 Å². The lowest BCUT2D eigenvalue weighted by Gasteiger charge is -2.24. The Labute approximate surface area is 135 Å². The number of hydrogen-bond donors (Lipinski definition) is 0. The van der Waals surface area contributed by atoms with Crippen LogP contribution < -0.4 is 4.90 Å². The molecule has 118 valence electrons. The van der Waals surface area contributed by atoms with E-state index in [-0.39, 0.29) is 12.3 Å². The summed E-state index contributed by atoms with van der Waals surface area (Å²) in [6.07, 6.45) is -0.648. The lowest BCUT2D eigenvalue weighted by Crippen LogP contribution is -2.36. The highest BCUT2D eigenvalue weighted by atomic mass is 32.1. The molecule has 0 aliphatic carbocycles. The van der Waals surface area contributed by atoms with Crippen LogP contribution in [0.5, 0.6) is 0 Å². The van der Waals surface area contributed by atoms with Gasteiger partial charge in [-0.15, -0.1) is 11.3 Å². The number of aryl methyl sites for hydroxylation is 1. The number of benzene rings is 1. The Bertz CT molecular complexity index is 637. The molecule has 1 unspecified atom stereocenters. The zero-order valence-corrected chi connectivity index (χ0v) is 14.3. The minimum Gasteiger partial charge on any atom is -0.430 e. The minimum absolute atomic E-state index is 0.271. The van der Waals surface area contributed by atoms with Crippen LogP contribution in [0, 0.1) is 6.92 Å². The fourth-order valence-electron chi connectivity index (χ4n) is 1.79. The molecule has 1 aromatic heterocycles. The number of carbonyl (C=O) groups excluding carboxylic acids is 1. The Morgan fingerprint density at radius 3 is 2.36 bits per heavy atom. The molecule has 5 nitrogen and oxygen atoms in total. The molecule has 0 N–H and O–H groups in total. The van der Waals surface area contributed by atoms with Crippen molar-refractivity contribution in [1.82, 2.24) is 9.88 Å². The first-order valence-corrected chi connectivity index (χ1v) is 7.90.